The van der Waals surface area contributed by atoms with Gasteiger partial charge in [0.15, 0.2) is 17.7 Å². The molecule has 5 heteroatoms. The van der Waals surface area contributed by atoms with Crippen molar-refractivity contribution in [1.82, 2.24) is 0 Å². The smallest absolute Gasteiger partial charge is 0.269 e. The SMILES string of the molecule is O=[N+]([O-])c1ccc([C@H]2[C@H]3C(c4ccccc4)=NC4(CCCCC4)[NH+]32)cc1. The van der Waals surface area contributed by atoms with E-state index < -0.39 is 0 Å². The molecule has 1 spiro atoms. The largest absolute Gasteiger partial charge is 0.287 e. The number of nitrogens with zero attached hydrogens (tertiary/aromatic N) is 2. The molecule has 0 aromatic heterocycles. The maximum Gasteiger partial charge on any atom is 0.269 e. The predicted molar refractivity (Wildman–Crippen MR) is 99.4 cm³/mol. The average Bonchev–Trinajstić information content (AvgIpc) is 3.36. The van der Waals surface area contributed by atoms with Gasteiger partial charge in [-0.05, 0) is 25.0 Å². The average molecular weight is 348 g/mol. The van der Waals surface area contributed by atoms with Crippen molar-refractivity contribution in [3.63, 3.8) is 0 Å². The highest BCUT2D eigenvalue weighted by atomic mass is 16.6. The molecule has 3 aliphatic rings. The molecule has 132 valence electrons. The Morgan fingerprint density at radius 3 is 2.31 bits per heavy atom. The Hall–Kier alpha value is -2.53. The molecule has 5 nitrogen and oxygen atoms in total. The third-order valence-corrected chi connectivity index (χ3v) is 6.27. The molecule has 2 aromatic rings. The van der Waals surface area contributed by atoms with Crippen molar-refractivity contribution < 1.29 is 9.82 Å². The third kappa shape index (κ3) is 2.31. The third-order valence-electron chi connectivity index (χ3n) is 6.27. The normalized spacial score (nSPS) is 28.5. The van der Waals surface area contributed by atoms with E-state index >= 15 is 0 Å². The lowest BCUT2D eigenvalue weighted by molar-refractivity contribution is -0.845. The van der Waals surface area contributed by atoms with E-state index in [2.05, 4.69) is 24.3 Å². The first kappa shape index (κ1) is 15.7. The van der Waals surface area contributed by atoms with Gasteiger partial charge in [0, 0.05) is 36.1 Å². The number of fused-ring (bicyclic) bond motifs is 2. The highest BCUT2D eigenvalue weighted by molar-refractivity contribution is 6.06. The predicted octanol–water partition coefficient (Wildman–Crippen LogP) is 3.07. The summed E-state index contributed by atoms with van der Waals surface area (Å²) in [4.78, 5) is 17.5. The quantitative estimate of drug-likeness (QED) is 0.526. The second-order valence-corrected chi connectivity index (χ2v) is 7.71. The summed E-state index contributed by atoms with van der Waals surface area (Å²) in [6.07, 6.45) is 6.10. The molecule has 2 heterocycles. The van der Waals surface area contributed by atoms with Gasteiger partial charge in [-0.3, -0.25) is 15.0 Å². The minimum atomic E-state index is -0.329. The molecule has 2 fully saturated rings. The van der Waals surface area contributed by atoms with Gasteiger partial charge < -0.3 is 0 Å². The summed E-state index contributed by atoms with van der Waals surface area (Å²) in [7, 11) is 0. The Balaban J connectivity index is 1.52. The fraction of sp³-hybridized carbons (Fsp3) is 0.381. The zero-order valence-corrected chi connectivity index (χ0v) is 14.6. The lowest BCUT2D eigenvalue weighted by Gasteiger charge is -2.30. The van der Waals surface area contributed by atoms with Crippen LogP contribution in [0.25, 0.3) is 0 Å². The fourth-order valence-electron chi connectivity index (χ4n) is 5.08. The fourth-order valence-corrected chi connectivity index (χ4v) is 5.08. The molecule has 1 aliphatic carbocycles. The Labute approximate surface area is 152 Å². The highest BCUT2D eigenvalue weighted by Crippen LogP contribution is 2.41. The van der Waals surface area contributed by atoms with E-state index in [9.17, 15) is 10.1 Å². The van der Waals surface area contributed by atoms with Crippen LogP contribution in [0.15, 0.2) is 59.6 Å². The van der Waals surface area contributed by atoms with Gasteiger partial charge in [-0.1, -0.05) is 36.8 Å². The van der Waals surface area contributed by atoms with Crippen LogP contribution in [-0.4, -0.2) is 22.3 Å². The van der Waals surface area contributed by atoms with Crippen LogP contribution in [0.5, 0.6) is 0 Å². The van der Waals surface area contributed by atoms with Crippen molar-refractivity contribution in [3.05, 3.63) is 75.8 Å². The van der Waals surface area contributed by atoms with Crippen LogP contribution in [0, 0.1) is 10.1 Å². The Morgan fingerprint density at radius 2 is 1.65 bits per heavy atom. The van der Waals surface area contributed by atoms with Gasteiger partial charge in [0.05, 0.1) is 4.92 Å². The lowest BCUT2D eigenvalue weighted by Crippen LogP contribution is -3.04. The number of aliphatic imine (C=N–C) groups is 1. The Kier molecular flexibility index (Phi) is 3.47. The molecule has 26 heavy (non-hydrogen) atoms. The number of benzene rings is 2. The second kappa shape index (κ2) is 5.74. The van der Waals surface area contributed by atoms with E-state index in [1.165, 1.54) is 36.1 Å². The van der Waals surface area contributed by atoms with Gasteiger partial charge in [0.2, 0.25) is 0 Å². The second-order valence-electron chi connectivity index (χ2n) is 7.71. The summed E-state index contributed by atoms with van der Waals surface area (Å²) < 4.78 is 0. The van der Waals surface area contributed by atoms with E-state index in [4.69, 9.17) is 4.99 Å². The van der Waals surface area contributed by atoms with Crippen LogP contribution >= 0.6 is 0 Å². The van der Waals surface area contributed by atoms with Crippen LogP contribution < -0.4 is 4.90 Å². The zero-order valence-electron chi connectivity index (χ0n) is 14.6. The molecule has 2 aromatic carbocycles. The van der Waals surface area contributed by atoms with Crippen molar-refractivity contribution in [2.45, 2.75) is 49.9 Å². The summed E-state index contributed by atoms with van der Waals surface area (Å²) in [5.74, 6) is 0. The number of quaternary nitrogens is 1. The van der Waals surface area contributed by atoms with Gasteiger partial charge >= 0.3 is 0 Å². The molecule has 1 N–H and O–H groups in total. The van der Waals surface area contributed by atoms with E-state index in [-0.39, 0.29) is 16.3 Å². The lowest BCUT2D eigenvalue weighted by atomic mass is 9.89. The standard InChI is InChI=1S/C21H21N3O2/c25-24(26)17-11-9-16(10-12-17)19-20-18(15-7-3-1-4-8-15)22-21(23(19)20)13-5-2-6-14-21/h1,3-4,7-12,19-20H,2,5-6,13-14H2/p+1/t19-,20+,23?/m0/s1. The van der Waals surface area contributed by atoms with Gasteiger partial charge in [-0.2, -0.15) is 0 Å². The van der Waals surface area contributed by atoms with Crippen LogP contribution in [0.3, 0.4) is 0 Å². The van der Waals surface area contributed by atoms with Crippen molar-refractivity contribution >= 4 is 11.4 Å². The highest BCUT2D eigenvalue weighted by Gasteiger charge is 2.71. The number of hydrogen-bond donors (Lipinski definition) is 1. The van der Waals surface area contributed by atoms with Crippen LogP contribution in [0.2, 0.25) is 0 Å². The maximum absolute atomic E-state index is 11.0. The first-order valence-electron chi connectivity index (χ1n) is 9.46. The zero-order chi connectivity index (χ0) is 17.7. The van der Waals surface area contributed by atoms with Crippen LogP contribution in [0.1, 0.15) is 49.3 Å². The number of non-ortho nitro benzene ring substituents is 1. The number of nitro benzene ring substituents is 1. The molecule has 2 aliphatic heterocycles. The van der Waals surface area contributed by atoms with Gasteiger partial charge in [0.1, 0.15) is 5.71 Å². The van der Waals surface area contributed by atoms with Gasteiger partial charge in [-0.15, -0.1) is 0 Å². The summed E-state index contributed by atoms with van der Waals surface area (Å²) in [6, 6.07) is 18.4. The molecule has 0 radical (unpaired) electrons. The first-order valence-corrected chi connectivity index (χ1v) is 9.46. The Bertz CT molecular complexity index is 870. The maximum atomic E-state index is 11.0. The van der Waals surface area contributed by atoms with Crippen molar-refractivity contribution in [1.29, 1.82) is 0 Å². The number of nitro groups is 1. The van der Waals surface area contributed by atoms with E-state index in [0.29, 0.717) is 12.1 Å². The molecular weight excluding hydrogens is 326 g/mol. The summed E-state index contributed by atoms with van der Waals surface area (Å²) in [5.41, 5.74) is 3.83. The summed E-state index contributed by atoms with van der Waals surface area (Å²) in [5, 5.41) is 11.0. The van der Waals surface area contributed by atoms with E-state index in [1.807, 2.05) is 18.2 Å². The van der Waals surface area contributed by atoms with Gasteiger partial charge in [-0.25, -0.2) is 4.99 Å². The molecule has 5 rings (SSSR count). The minimum Gasteiger partial charge on any atom is -0.287 e. The molecule has 0 amide bonds. The van der Waals surface area contributed by atoms with E-state index in [0.717, 1.165) is 12.8 Å². The molecule has 0 bridgehead atoms. The topological polar surface area (TPSA) is 59.9 Å². The molecule has 1 saturated heterocycles. The van der Waals surface area contributed by atoms with Crippen molar-refractivity contribution in [3.8, 4) is 0 Å². The molecule has 1 unspecified atom stereocenters. The van der Waals surface area contributed by atoms with Crippen molar-refractivity contribution in [2.75, 3.05) is 0 Å². The van der Waals surface area contributed by atoms with E-state index in [1.54, 1.807) is 17.0 Å². The monoisotopic (exact) mass is 348 g/mol. The van der Waals surface area contributed by atoms with Gasteiger partial charge in [0.25, 0.3) is 5.69 Å². The first-order chi connectivity index (χ1) is 12.7. The molecular formula is C21H22N3O2+. The summed E-state index contributed by atoms with van der Waals surface area (Å²) >= 11 is 0. The minimum absolute atomic E-state index is 0.0144. The van der Waals surface area contributed by atoms with Crippen LogP contribution in [0.4, 0.5) is 5.69 Å². The van der Waals surface area contributed by atoms with Crippen LogP contribution in [-0.2, 0) is 0 Å². The summed E-state index contributed by atoms with van der Waals surface area (Å²) in [6.45, 7) is 0. The Morgan fingerprint density at radius 1 is 0.962 bits per heavy atom. The number of hydrogen-bond acceptors (Lipinski definition) is 3. The number of nitrogens with one attached hydrogen (secondary N) is 1. The molecule has 1 saturated carbocycles. The number of rotatable bonds is 3. The molecule has 3 atom stereocenters. The van der Waals surface area contributed by atoms with Crippen molar-refractivity contribution in [2.24, 2.45) is 4.99 Å².